The van der Waals surface area contributed by atoms with Crippen molar-refractivity contribution in [3.63, 3.8) is 0 Å². The summed E-state index contributed by atoms with van der Waals surface area (Å²) in [6.07, 6.45) is 9.43. The lowest BCUT2D eigenvalue weighted by atomic mass is 9.79. The zero-order chi connectivity index (χ0) is 33.4. The van der Waals surface area contributed by atoms with Gasteiger partial charge in [0.15, 0.2) is 5.82 Å². The van der Waals surface area contributed by atoms with E-state index in [-0.39, 0.29) is 11.3 Å². The van der Waals surface area contributed by atoms with Crippen molar-refractivity contribution in [2.45, 2.75) is 31.6 Å². The predicted octanol–water partition coefficient (Wildman–Crippen LogP) is 11.4. The first-order valence-electron chi connectivity index (χ1n) is 17.4. The van der Waals surface area contributed by atoms with Crippen molar-refractivity contribution in [2.24, 2.45) is 0 Å². The van der Waals surface area contributed by atoms with Crippen molar-refractivity contribution in [1.82, 2.24) is 19.5 Å². The normalized spacial score (nSPS) is 15.9. The molecular weight excluding hydrogens is 609 g/mol. The van der Waals surface area contributed by atoms with Crippen LogP contribution in [0.3, 0.4) is 0 Å². The number of rotatable bonds is 4. The minimum absolute atomic E-state index is 0.0853. The highest BCUT2D eigenvalue weighted by Gasteiger charge is 2.38. The second-order valence-electron chi connectivity index (χ2n) is 14.0. The van der Waals surface area contributed by atoms with Gasteiger partial charge in [0.1, 0.15) is 5.82 Å². The fourth-order valence-corrected chi connectivity index (χ4v) is 8.36. The van der Waals surface area contributed by atoms with Crippen LogP contribution in [-0.2, 0) is 5.41 Å². The predicted molar refractivity (Wildman–Crippen MR) is 206 cm³/mol. The van der Waals surface area contributed by atoms with Crippen molar-refractivity contribution in [3.8, 4) is 39.6 Å². The minimum atomic E-state index is -0.229. The smallest absolute Gasteiger partial charge is 0.238 e. The lowest BCUT2D eigenvalue weighted by Gasteiger charge is -2.24. The molecule has 8 aromatic rings. The van der Waals surface area contributed by atoms with Gasteiger partial charge in [-0.25, -0.2) is 4.98 Å². The van der Waals surface area contributed by atoms with Crippen LogP contribution in [0.1, 0.15) is 43.1 Å². The summed E-state index contributed by atoms with van der Waals surface area (Å²) in [5.74, 6) is 2.21. The third-order valence-electron chi connectivity index (χ3n) is 10.7. The Morgan fingerprint density at radius 3 is 2.04 bits per heavy atom. The molecule has 2 aliphatic carbocycles. The van der Waals surface area contributed by atoms with Crippen molar-refractivity contribution in [1.29, 1.82) is 0 Å². The van der Waals surface area contributed by atoms with Crippen LogP contribution in [0.5, 0.6) is 0 Å². The molecule has 0 bridgehead atoms. The highest BCUT2D eigenvalue weighted by molar-refractivity contribution is 6.13. The topological polar surface area (TPSA) is 43.6 Å². The average molecular weight is 643 g/mol. The Balaban J connectivity index is 1.26. The Morgan fingerprint density at radius 2 is 1.28 bits per heavy atom. The van der Waals surface area contributed by atoms with Crippen LogP contribution in [0.15, 0.2) is 152 Å². The molecule has 0 fully saturated rings. The zero-order valence-corrected chi connectivity index (χ0v) is 28.0. The summed E-state index contributed by atoms with van der Waals surface area (Å²) in [5, 5.41) is 4.98. The third-order valence-corrected chi connectivity index (χ3v) is 10.7. The number of benzene rings is 6. The molecule has 0 saturated carbocycles. The summed E-state index contributed by atoms with van der Waals surface area (Å²) in [6.45, 7) is 4.76. The van der Waals surface area contributed by atoms with Crippen molar-refractivity contribution in [3.05, 3.63) is 169 Å². The zero-order valence-electron chi connectivity index (χ0n) is 28.0. The number of aromatic nitrogens is 4. The summed E-state index contributed by atoms with van der Waals surface area (Å²) in [6, 6.07) is 45.9. The van der Waals surface area contributed by atoms with Gasteiger partial charge >= 0.3 is 0 Å². The fraction of sp³-hybridized carbons (Fsp3) is 0.109. The highest BCUT2D eigenvalue weighted by Crippen LogP contribution is 2.54. The summed E-state index contributed by atoms with van der Waals surface area (Å²) in [4.78, 5) is 15.5. The Hall–Kier alpha value is -6.13. The molecule has 0 spiro atoms. The maximum atomic E-state index is 5.24. The Bertz CT molecular complexity index is 2700. The van der Waals surface area contributed by atoms with E-state index in [1.807, 2.05) is 18.2 Å². The number of nitrogens with zero attached hydrogens (tertiary/aromatic N) is 4. The molecule has 10 rings (SSSR count). The van der Waals surface area contributed by atoms with E-state index in [4.69, 9.17) is 15.0 Å². The van der Waals surface area contributed by atoms with E-state index < -0.39 is 0 Å². The number of hydrogen-bond acceptors (Lipinski definition) is 3. The molecule has 1 atom stereocenters. The van der Waals surface area contributed by atoms with Crippen LogP contribution < -0.4 is 0 Å². The molecular formula is C46H34N4. The lowest BCUT2D eigenvalue weighted by molar-refractivity contribution is 0.666. The number of allylic oxidation sites excluding steroid dienone is 4. The van der Waals surface area contributed by atoms with Gasteiger partial charge < -0.3 is 0 Å². The van der Waals surface area contributed by atoms with Crippen LogP contribution in [0, 0.1) is 0 Å². The van der Waals surface area contributed by atoms with E-state index in [0.29, 0.717) is 11.8 Å². The Kier molecular flexibility index (Phi) is 6.31. The first kappa shape index (κ1) is 28.8. The molecule has 0 amide bonds. The molecule has 2 aliphatic rings. The number of para-hydroxylation sites is 1. The molecule has 1 unspecified atom stereocenters. The van der Waals surface area contributed by atoms with Crippen LogP contribution in [0.2, 0.25) is 0 Å². The van der Waals surface area contributed by atoms with Crippen LogP contribution in [0.25, 0.3) is 72.2 Å². The van der Waals surface area contributed by atoms with Crippen LogP contribution >= 0.6 is 0 Å². The highest BCUT2D eigenvalue weighted by atomic mass is 15.2. The van der Waals surface area contributed by atoms with Gasteiger partial charge in [-0.2, -0.15) is 9.97 Å². The van der Waals surface area contributed by atoms with Gasteiger partial charge in [-0.05, 0) is 74.8 Å². The Labute approximate surface area is 291 Å². The molecule has 6 aromatic carbocycles. The largest absolute Gasteiger partial charge is 0.278 e. The van der Waals surface area contributed by atoms with Crippen LogP contribution in [-0.4, -0.2) is 19.5 Å². The van der Waals surface area contributed by atoms with E-state index >= 15 is 0 Å². The maximum Gasteiger partial charge on any atom is 0.238 e. The van der Waals surface area contributed by atoms with Crippen LogP contribution in [0.4, 0.5) is 0 Å². The fourth-order valence-electron chi connectivity index (χ4n) is 8.36. The molecule has 4 nitrogen and oxygen atoms in total. The van der Waals surface area contributed by atoms with Gasteiger partial charge in [0.25, 0.3) is 0 Å². The average Bonchev–Trinajstić information content (AvgIpc) is 3.62. The van der Waals surface area contributed by atoms with Crippen molar-refractivity contribution >= 4 is 32.6 Å². The second kappa shape index (κ2) is 10.9. The van der Waals surface area contributed by atoms with Gasteiger partial charge in [0, 0.05) is 27.7 Å². The van der Waals surface area contributed by atoms with Gasteiger partial charge in [-0.1, -0.05) is 141 Å². The van der Waals surface area contributed by atoms with Crippen molar-refractivity contribution in [2.75, 3.05) is 0 Å². The summed E-state index contributed by atoms with van der Waals surface area (Å²) >= 11 is 0. The van der Waals surface area contributed by atoms with E-state index in [1.165, 1.54) is 54.9 Å². The monoisotopic (exact) mass is 642 g/mol. The summed E-state index contributed by atoms with van der Waals surface area (Å²) in [5.41, 5.74) is 10.8. The summed E-state index contributed by atoms with van der Waals surface area (Å²) < 4.78 is 2.26. The molecule has 0 aliphatic heterocycles. The Morgan fingerprint density at radius 1 is 0.580 bits per heavy atom. The van der Waals surface area contributed by atoms with Gasteiger partial charge in [-0.15, -0.1) is 0 Å². The minimum Gasteiger partial charge on any atom is -0.278 e. The van der Waals surface area contributed by atoms with Crippen molar-refractivity contribution < 1.29 is 0 Å². The molecule has 0 N–H and O–H groups in total. The van der Waals surface area contributed by atoms with Gasteiger partial charge in [-0.3, -0.25) is 4.57 Å². The summed E-state index contributed by atoms with van der Waals surface area (Å²) in [7, 11) is 0. The molecule has 50 heavy (non-hydrogen) atoms. The van der Waals surface area contributed by atoms with E-state index in [0.717, 1.165) is 28.8 Å². The molecule has 0 saturated heterocycles. The molecule has 2 aromatic heterocycles. The number of hydrogen-bond donors (Lipinski definition) is 0. The molecule has 0 radical (unpaired) electrons. The number of fused-ring (bicyclic) bond motifs is 8. The van der Waals surface area contributed by atoms with Gasteiger partial charge in [0.05, 0.1) is 11.0 Å². The quantitative estimate of drug-likeness (QED) is 0.192. The molecule has 4 heteroatoms. The maximum absolute atomic E-state index is 5.24. The molecule has 2 heterocycles. The lowest BCUT2D eigenvalue weighted by Crippen LogP contribution is -2.16. The SMILES string of the molecule is CC1(C)c2cc3c(cc2-c2cc(-c4ccccc4)c4ccccc4c21)c1ccccc1n3-c1nc(-c2ccccc2)nc(C2C=CC=CC2)n1. The standard InChI is InChI=1S/C46H34N4/c1-46(2)39-28-41-37(27-36(39)38-26-35(29-16-6-3-7-17-29)32-22-12-13-24-34(32)42(38)46)33-23-14-15-25-40(33)50(41)45-48-43(30-18-8-4-9-19-30)47-44(49-45)31-20-10-5-11-21-31/h3-20,22-28,31H,21H2,1-2H3. The third kappa shape index (κ3) is 4.28. The second-order valence-corrected chi connectivity index (χ2v) is 14.0. The first-order valence-corrected chi connectivity index (χ1v) is 17.4. The first-order chi connectivity index (χ1) is 24.6. The molecule has 238 valence electrons. The van der Waals surface area contributed by atoms with E-state index in [9.17, 15) is 0 Å². The van der Waals surface area contributed by atoms with E-state index in [1.54, 1.807) is 0 Å². The van der Waals surface area contributed by atoms with Gasteiger partial charge in [0.2, 0.25) is 5.95 Å². The van der Waals surface area contributed by atoms with E-state index in [2.05, 4.69) is 152 Å².